The number of carboxylic acid groups (broad SMARTS) is 1. The lowest BCUT2D eigenvalue weighted by atomic mass is 9.89. The van der Waals surface area contributed by atoms with Gasteiger partial charge in [-0.2, -0.15) is 0 Å². The number of carboxylic acids is 1. The van der Waals surface area contributed by atoms with E-state index in [0.29, 0.717) is 11.7 Å². The molecular weight excluding hydrogens is 282 g/mol. The van der Waals surface area contributed by atoms with Gasteiger partial charge in [0, 0.05) is 13.1 Å². The third-order valence-corrected chi connectivity index (χ3v) is 4.04. The van der Waals surface area contributed by atoms with Gasteiger partial charge in [0.25, 0.3) is 0 Å². The molecule has 1 fully saturated rings. The average molecular weight is 299 g/mol. The first-order valence-corrected chi connectivity index (χ1v) is 7.22. The van der Waals surface area contributed by atoms with Crippen LogP contribution in [0.3, 0.4) is 0 Å². The van der Waals surface area contributed by atoms with Gasteiger partial charge < -0.3 is 15.1 Å². The quantitative estimate of drug-likeness (QED) is 0.904. The first-order valence-electron chi connectivity index (χ1n) is 7.22. The first kappa shape index (κ1) is 14.3. The summed E-state index contributed by atoms with van der Waals surface area (Å²) in [5, 5.41) is 18.2. The molecule has 1 aromatic carbocycles. The van der Waals surface area contributed by atoms with Crippen LogP contribution in [0.15, 0.2) is 36.7 Å². The monoisotopic (exact) mass is 299 g/mol. The van der Waals surface area contributed by atoms with E-state index >= 15 is 0 Å². The van der Waals surface area contributed by atoms with Gasteiger partial charge in [-0.15, -0.1) is 0 Å². The highest BCUT2D eigenvalue weighted by Crippen LogP contribution is 2.30. The largest absolute Gasteiger partial charge is 0.508 e. The molecule has 22 heavy (non-hydrogen) atoms. The van der Waals surface area contributed by atoms with E-state index in [4.69, 9.17) is 5.11 Å². The topological polar surface area (TPSA) is 86.5 Å². The molecule has 0 aliphatic carbocycles. The van der Waals surface area contributed by atoms with Crippen LogP contribution >= 0.6 is 0 Å². The number of phenolic OH excluding ortho intramolecular Hbond substituents is 1. The van der Waals surface area contributed by atoms with Crippen molar-refractivity contribution in [3.8, 4) is 5.75 Å². The fraction of sp³-hybridized carbons (Fsp3) is 0.312. The predicted molar refractivity (Wildman–Crippen MR) is 81.3 cm³/mol. The molecule has 2 aromatic rings. The molecule has 1 aromatic heterocycles. The zero-order valence-electron chi connectivity index (χ0n) is 12.0. The second-order valence-electron chi connectivity index (χ2n) is 5.42. The second-order valence-corrected chi connectivity index (χ2v) is 5.42. The van der Waals surface area contributed by atoms with Crippen LogP contribution < -0.4 is 4.90 Å². The molecule has 0 radical (unpaired) electrons. The molecule has 0 atom stereocenters. The Balaban J connectivity index is 1.63. The Morgan fingerprint density at radius 3 is 2.32 bits per heavy atom. The Hall–Kier alpha value is -2.63. The summed E-state index contributed by atoms with van der Waals surface area (Å²) in [6.45, 7) is 1.71. The zero-order chi connectivity index (χ0) is 15.5. The Morgan fingerprint density at radius 2 is 1.77 bits per heavy atom. The molecule has 0 spiro atoms. The normalized spacial score (nSPS) is 15.7. The van der Waals surface area contributed by atoms with E-state index in [1.54, 1.807) is 12.1 Å². The molecule has 114 valence electrons. The van der Waals surface area contributed by atoms with Gasteiger partial charge in [0.15, 0.2) is 5.69 Å². The number of hydrogen-bond acceptors (Lipinski definition) is 5. The minimum Gasteiger partial charge on any atom is -0.508 e. The number of nitrogens with zero attached hydrogens (tertiary/aromatic N) is 3. The van der Waals surface area contributed by atoms with Crippen LogP contribution in [0.25, 0.3) is 0 Å². The number of aromatic carboxylic acids is 1. The second kappa shape index (κ2) is 6.01. The molecule has 1 aliphatic rings. The summed E-state index contributed by atoms with van der Waals surface area (Å²) in [6.07, 6.45) is 4.80. The van der Waals surface area contributed by atoms with Crippen molar-refractivity contribution in [3.63, 3.8) is 0 Å². The maximum absolute atomic E-state index is 10.8. The summed E-state index contributed by atoms with van der Waals surface area (Å²) in [5.41, 5.74) is 1.20. The summed E-state index contributed by atoms with van der Waals surface area (Å²) in [6, 6.07) is 7.38. The zero-order valence-corrected chi connectivity index (χ0v) is 12.0. The lowest BCUT2D eigenvalue weighted by Gasteiger charge is -2.32. The third-order valence-electron chi connectivity index (χ3n) is 4.04. The van der Waals surface area contributed by atoms with Gasteiger partial charge in [0.2, 0.25) is 0 Å². The number of hydrogen-bond donors (Lipinski definition) is 2. The molecule has 2 N–H and O–H groups in total. The molecule has 0 amide bonds. The molecule has 6 heteroatoms. The van der Waals surface area contributed by atoms with Crippen molar-refractivity contribution in [3.05, 3.63) is 47.9 Å². The number of rotatable bonds is 3. The first-order chi connectivity index (χ1) is 10.6. The van der Waals surface area contributed by atoms with Gasteiger partial charge in [-0.1, -0.05) is 12.1 Å². The summed E-state index contributed by atoms with van der Waals surface area (Å²) in [5.74, 6) is 0.414. The maximum atomic E-state index is 10.8. The summed E-state index contributed by atoms with van der Waals surface area (Å²) in [4.78, 5) is 21.0. The molecule has 3 rings (SSSR count). The van der Waals surface area contributed by atoms with Gasteiger partial charge in [0.05, 0.1) is 12.4 Å². The number of piperidine rings is 1. The van der Waals surface area contributed by atoms with Crippen molar-refractivity contribution in [2.24, 2.45) is 0 Å². The SMILES string of the molecule is O=C(O)c1cnc(N2CCC(c3ccc(O)cc3)CC2)cn1. The Labute approximate surface area is 128 Å². The van der Waals surface area contributed by atoms with E-state index in [1.807, 2.05) is 12.1 Å². The van der Waals surface area contributed by atoms with E-state index in [2.05, 4.69) is 14.9 Å². The summed E-state index contributed by atoms with van der Waals surface area (Å²) in [7, 11) is 0. The van der Waals surface area contributed by atoms with E-state index in [-0.39, 0.29) is 11.4 Å². The minimum absolute atomic E-state index is 0.0391. The molecule has 0 unspecified atom stereocenters. The summed E-state index contributed by atoms with van der Waals surface area (Å²) < 4.78 is 0. The predicted octanol–water partition coefficient (Wildman–Crippen LogP) is 2.26. The van der Waals surface area contributed by atoms with Crippen molar-refractivity contribution >= 4 is 11.8 Å². The van der Waals surface area contributed by atoms with Crippen molar-refractivity contribution in [2.45, 2.75) is 18.8 Å². The third kappa shape index (κ3) is 3.00. The van der Waals surface area contributed by atoms with Crippen LogP contribution in [-0.2, 0) is 0 Å². The Kier molecular flexibility index (Phi) is 3.91. The number of carbonyl (C=O) groups is 1. The van der Waals surface area contributed by atoms with Crippen LogP contribution in [0.5, 0.6) is 5.75 Å². The molecular formula is C16H17N3O3. The standard InChI is InChI=1S/C16H17N3O3/c20-13-3-1-11(2-4-13)12-5-7-19(8-6-12)15-10-17-14(9-18-15)16(21)22/h1-4,9-10,12,20H,5-8H2,(H,21,22). The molecule has 1 saturated heterocycles. The lowest BCUT2D eigenvalue weighted by molar-refractivity contribution is 0.0690. The van der Waals surface area contributed by atoms with Gasteiger partial charge in [-0.05, 0) is 36.5 Å². The van der Waals surface area contributed by atoms with Gasteiger partial charge in [0.1, 0.15) is 11.6 Å². The number of aromatic nitrogens is 2. The average Bonchev–Trinajstić information content (AvgIpc) is 2.56. The van der Waals surface area contributed by atoms with Crippen LogP contribution in [0.1, 0.15) is 34.8 Å². The summed E-state index contributed by atoms with van der Waals surface area (Å²) >= 11 is 0. The van der Waals surface area contributed by atoms with E-state index in [1.165, 1.54) is 18.0 Å². The van der Waals surface area contributed by atoms with Gasteiger partial charge in [-0.25, -0.2) is 14.8 Å². The minimum atomic E-state index is -1.06. The van der Waals surface area contributed by atoms with Crippen LogP contribution in [-0.4, -0.2) is 39.2 Å². The maximum Gasteiger partial charge on any atom is 0.356 e. The molecule has 0 bridgehead atoms. The molecule has 0 saturated carbocycles. The molecule has 6 nitrogen and oxygen atoms in total. The van der Waals surface area contributed by atoms with Crippen LogP contribution in [0.4, 0.5) is 5.82 Å². The van der Waals surface area contributed by atoms with Crippen LogP contribution in [0, 0.1) is 0 Å². The Morgan fingerprint density at radius 1 is 1.09 bits per heavy atom. The number of aromatic hydroxyl groups is 1. The number of anilines is 1. The highest BCUT2D eigenvalue weighted by atomic mass is 16.4. The number of benzene rings is 1. The van der Waals surface area contributed by atoms with E-state index in [9.17, 15) is 9.90 Å². The van der Waals surface area contributed by atoms with Gasteiger partial charge >= 0.3 is 5.97 Å². The van der Waals surface area contributed by atoms with Crippen molar-refractivity contribution in [2.75, 3.05) is 18.0 Å². The highest BCUT2D eigenvalue weighted by molar-refractivity contribution is 5.84. The fourth-order valence-electron chi connectivity index (χ4n) is 2.78. The van der Waals surface area contributed by atoms with E-state index in [0.717, 1.165) is 25.9 Å². The lowest BCUT2D eigenvalue weighted by Crippen LogP contribution is -2.33. The van der Waals surface area contributed by atoms with Crippen molar-refractivity contribution in [1.29, 1.82) is 0 Å². The van der Waals surface area contributed by atoms with Crippen molar-refractivity contribution < 1.29 is 15.0 Å². The van der Waals surface area contributed by atoms with Crippen LogP contribution in [0.2, 0.25) is 0 Å². The number of phenols is 1. The van der Waals surface area contributed by atoms with Crippen molar-refractivity contribution in [1.82, 2.24) is 9.97 Å². The Bertz CT molecular complexity index is 647. The molecule has 2 heterocycles. The molecule has 1 aliphatic heterocycles. The fourth-order valence-corrected chi connectivity index (χ4v) is 2.78. The van der Waals surface area contributed by atoms with Gasteiger partial charge in [-0.3, -0.25) is 0 Å². The smallest absolute Gasteiger partial charge is 0.356 e. The van der Waals surface area contributed by atoms with E-state index < -0.39 is 5.97 Å². The highest BCUT2D eigenvalue weighted by Gasteiger charge is 2.21.